The van der Waals surface area contributed by atoms with E-state index in [1.165, 1.54) is 67.0 Å². The van der Waals surface area contributed by atoms with Crippen LogP contribution < -0.4 is 15.3 Å². The molecule has 3 N–H and O–H groups in total. The second-order valence-corrected chi connectivity index (χ2v) is 10.6. The van der Waals surface area contributed by atoms with Crippen LogP contribution in [0.25, 0.3) is 5.76 Å². The van der Waals surface area contributed by atoms with Crippen LogP contribution in [0.5, 0.6) is 0 Å². The van der Waals surface area contributed by atoms with E-state index in [9.17, 15) is 39.3 Å². The number of benzene rings is 3. The van der Waals surface area contributed by atoms with Gasteiger partial charge >= 0.3 is 38.6 Å². The smallest absolute Gasteiger partial charge is 0.876 e. The number of carbonyl (C=O) groups is 5. The Balaban J connectivity index is -0.000000303. The third-order valence-electron chi connectivity index (χ3n) is 5.32. The van der Waals surface area contributed by atoms with Gasteiger partial charge in [0.2, 0.25) is 12.8 Å². The first-order valence-electron chi connectivity index (χ1n) is 14.9. The van der Waals surface area contributed by atoms with E-state index in [0.29, 0.717) is 33.4 Å². The minimum atomic E-state index is -0.331. The molecule has 0 atom stereocenters. The minimum Gasteiger partial charge on any atom is -0.876 e. The molecule has 0 bridgehead atoms. The number of nitriles is 3. The van der Waals surface area contributed by atoms with Crippen LogP contribution in [0.2, 0.25) is 0 Å². The zero-order valence-corrected chi connectivity index (χ0v) is 32.9. The molecule has 0 aliphatic carbocycles. The first kappa shape index (κ1) is 54.7. The summed E-state index contributed by atoms with van der Waals surface area (Å²) >= 11 is 0. The summed E-state index contributed by atoms with van der Waals surface area (Å²) in [4.78, 5) is 55.0. The van der Waals surface area contributed by atoms with Crippen molar-refractivity contribution in [3.05, 3.63) is 136 Å². The van der Waals surface area contributed by atoms with E-state index in [1.54, 1.807) is 64.6 Å². The van der Waals surface area contributed by atoms with Gasteiger partial charge in [-0.2, -0.15) is 15.8 Å². The largest absolute Gasteiger partial charge is 3.00 e. The molecule has 0 heterocycles. The third-order valence-corrected chi connectivity index (χ3v) is 5.32. The van der Waals surface area contributed by atoms with Gasteiger partial charge in [0.15, 0.2) is 17.3 Å². The first-order chi connectivity index (χ1) is 24.4. The molecule has 0 aliphatic heterocycles. The van der Waals surface area contributed by atoms with E-state index < -0.39 is 0 Å². The number of ketones is 3. The summed E-state index contributed by atoms with van der Waals surface area (Å²) in [6.07, 6.45) is 4.59. The summed E-state index contributed by atoms with van der Waals surface area (Å²) in [6, 6.07) is 24.3. The number of carbonyl (C=O) groups excluding carboxylic acids is 5. The van der Waals surface area contributed by atoms with Gasteiger partial charge in [0.25, 0.3) is 0 Å². The number of amides is 2. The Morgan fingerprint density at radius 3 is 0.963 bits per heavy atom. The van der Waals surface area contributed by atoms with Gasteiger partial charge in [-0.25, -0.2) is 0 Å². The molecule has 0 radical (unpaired) electrons. The SMILES string of the molecule is C/C([O-])=C/C(=O)c1ccc(C#N)cc1.C/C([O-])=C/C(=O)c1ccc(C#N)cc1.CC(=O)/C=C(\[O-])c1ccc(C#N)cc1.CN(C)C=O.CN(C)C=O.[OH3+].[Tb+3]. The Morgan fingerprint density at radius 1 is 0.537 bits per heavy atom. The Kier molecular flexibility index (Phi) is 32.1. The minimum absolute atomic E-state index is 0. The van der Waals surface area contributed by atoms with Crippen molar-refractivity contribution < 1.29 is 83.4 Å². The van der Waals surface area contributed by atoms with Crippen LogP contribution in [-0.2, 0) is 19.9 Å². The monoisotopic (exact) mass is 882 g/mol. The van der Waals surface area contributed by atoms with Gasteiger partial charge < -0.3 is 30.6 Å². The van der Waals surface area contributed by atoms with Crippen LogP contribution in [0.4, 0.5) is 0 Å². The molecule has 2 amide bonds. The normalized spacial score (nSPS) is 9.59. The van der Waals surface area contributed by atoms with Crippen LogP contribution >= 0.6 is 0 Å². The third kappa shape index (κ3) is 27.6. The van der Waals surface area contributed by atoms with Gasteiger partial charge in [-0.05, 0) is 91.4 Å². The Labute approximate surface area is 345 Å². The van der Waals surface area contributed by atoms with Crippen molar-refractivity contribution in [3.8, 4) is 18.2 Å². The summed E-state index contributed by atoms with van der Waals surface area (Å²) < 4.78 is 0. The molecule has 3 aromatic rings. The summed E-state index contributed by atoms with van der Waals surface area (Å²) in [5.74, 6) is -1.83. The van der Waals surface area contributed by atoms with E-state index >= 15 is 0 Å². The quantitative estimate of drug-likeness (QED) is 0.102. The molecule has 3 aromatic carbocycles. The number of allylic oxidation sites excluding steroid dienone is 5. The Bertz CT molecular complexity index is 1740. The first-order valence-corrected chi connectivity index (χ1v) is 14.9. The average molecular weight is 883 g/mol. The van der Waals surface area contributed by atoms with E-state index in [0.717, 1.165) is 31.0 Å². The molecule has 0 aliphatic rings. The summed E-state index contributed by atoms with van der Waals surface area (Å²) in [5.41, 5.74) is 2.72. The van der Waals surface area contributed by atoms with Crippen LogP contribution in [-0.4, -0.2) is 68.2 Å². The molecule has 54 heavy (non-hydrogen) atoms. The number of nitrogens with zero attached hydrogens (tertiary/aromatic N) is 5. The molecule has 0 fully saturated rings. The molecule has 15 heteroatoms. The fourth-order valence-electron chi connectivity index (χ4n) is 2.93. The van der Waals surface area contributed by atoms with Crippen LogP contribution in [0.15, 0.2) is 103 Å². The zero-order chi connectivity index (χ0) is 40.2. The van der Waals surface area contributed by atoms with E-state index in [-0.39, 0.29) is 78.7 Å². The molecule has 0 saturated carbocycles. The molecule has 0 saturated heterocycles. The molecule has 284 valence electrons. The van der Waals surface area contributed by atoms with Crippen molar-refractivity contribution >= 4 is 35.9 Å². The van der Waals surface area contributed by atoms with Crippen molar-refractivity contribution in [1.29, 1.82) is 15.8 Å². The van der Waals surface area contributed by atoms with Gasteiger partial charge in [0, 0.05) is 39.3 Å². The number of rotatable bonds is 8. The molecule has 0 aromatic heterocycles. The summed E-state index contributed by atoms with van der Waals surface area (Å²) in [7, 11) is 6.75. The standard InChI is InChI=1S/3C11H9NO2.2C3H7NO.H2O.Tb/c3*1-8(13)6-11(14)10-4-2-9(7-12)3-5-10;2*1-4(2)3-5;;/h2-6,14H,1H3;2*2-6,13H,1H3;2*3H,1-2H3;1H2;/q;;;;;;+3/p-2/b11-6-;2*8-6-;;;;. The molecular formula is C39H41N5O9Tb+. The summed E-state index contributed by atoms with van der Waals surface area (Å²) in [5, 5.41) is 58.1. The van der Waals surface area contributed by atoms with Crippen LogP contribution in [0.1, 0.15) is 63.7 Å². The fourth-order valence-corrected chi connectivity index (χ4v) is 2.93. The van der Waals surface area contributed by atoms with Crippen molar-refractivity contribution in [2.45, 2.75) is 20.8 Å². The Morgan fingerprint density at radius 2 is 0.778 bits per heavy atom. The van der Waals surface area contributed by atoms with Gasteiger partial charge in [0.1, 0.15) is 0 Å². The second kappa shape index (κ2) is 31.7. The number of hydrogen-bond donors (Lipinski definition) is 0. The fraction of sp³-hybridized carbons (Fsp3) is 0.179. The van der Waals surface area contributed by atoms with E-state index in [4.69, 9.17) is 15.8 Å². The van der Waals surface area contributed by atoms with Crippen molar-refractivity contribution in [3.63, 3.8) is 0 Å². The van der Waals surface area contributed by atoms with E-state index in [1.807, 2.05) is 18.2 Å². The topological polar surface area (TPSA) is 265 Å². The maximum Gasteiger partial charge on any atom is 3.00 e. The summed E-state index contributed by atoms with van der Waals surface area (Å²) in [6.45, 7) is 3.96. The zero-order valence-electron chi connectivity index (χ0n) is 30.7. The van der Waals surface area contributed by atoms with Gasteiger partial charge in [-0.1, -0.05) is 31.7 Å². The maximum atomic E-state index is 11.3. The molecular weight excluding hydrogens is 841 g/mol. The predicted octanol–water partition coefficient (Wildman–Crippen LogP) is 1.35. The van der Waals surface area contributed by atoms with Crippen LogP contribution in [0, 0.1) is 72.6 Å². The maximum absolute atomic E-state index is 11.3. The molecule has 14 nitrogen and oxygen atoms in total. The molecule has 0 spiro atoms. The van der Waals surface area contributed by atoms with Crippen molar-refractivity contribution in [2.24, 2.45) is 0 Å². The number of hydrogen-bond acceptors (Lipinski definition) is 11. The van der Waals surface area contributed by atoms with Gasteiger partial charge in [-0.15, -0.1) is 11.5 Å². The van der Waals surface area contributed by atoms with Gasteiger partial charge in [0.05, 0.1) is 34.9 Å². The van der Waals surface area contributed by atoms with Crippen molar-refractivity contribution in [1.82, 2.24) is 9.80 Å². The van der Waals surface area contributed by atoms with Crippen LogP contribution in [0.3, 0.4) is 0 Å². The molecule has 3 rings (SSSR count). The van der Waals surface area contributed by atoms with Crippen molar-refractivity contribution in [2.75, 3.05) is 28.2 Å². The predicted molar refractivity (Wildman–Crippen MR) is 193 cm³/mol. The van der Waals surface area contributed by atoms with Gasteiger partial charge in [-0.3, -0.25) is 24.0 Å². The Hall–Kier alpha value is -6.05. The second-order valence-electron chi connectivity index (χ2n) is 10.6. The average Bonchev–Trinajstić information content (AvgIpc) is 3.11. The van der Waals surface area contributed by atoms with E-state index in [2.05, 4.69) is 0 Å². The molecule has 0 unspecified atom stereocenters.